The normalized spacial score (nSPS) is 2.67. The van der Waals surface area contributed by atoms with E-state index < -0.39 is 0 Å². The van der Waals surface area contributed by atoms with Crippen molar-refractivity contribution < 1.29 is 15.9 Å². The van der Waals surface area contributed by atoms with Gasteiger partial charge in [-0.15, -0.1) is 5.26 Å². The second-order valence-corrected chi connectivity index (χ2v) is 0.183. The van der Waals surface area contributed by atoms with E-state index in [0.717, 1.165) is 6.26 Å². The molecule has 0 aromatic rings. The molecule has 30 valence electrons. The quantitative estimate of drug-likeness (QED) is 0.218. The molecule has 0 saturated heterocycles. The summed E-state index contributed by atoms with van der Waals surface area (Å²) in [6.07, 6.45) is 0.986. The van der Waals surface area contributed by atoms with Crippen LogP contribution in [0, 0.1) is 11.5 Å². The van der Waals surface area contributed by atoms with Crippen molar-refractivity contribution in [1.29, 1.82) is 5.26 Å². The van der Waals surface area contributed by atoms with Crippen molar-refractivity contribution in [2.45, 2.75) is 0 Å². The van der Waals surface area contributed by atoms with Gasteiger partial charge in [-0.1, -0.05) is 0 Å². The van der Waals surface area contributed by atoms with Gasteiger partial charge in [0.25, 0.3) is 0 Å². The van der Waals surface area contributed by atoms with E-state index in [4.69, 9.17) is 10.5 Å². The monoisotopic (exact) mass is 143 g/mol. The molecule has 0 unspecified atom stereocenters. The maximum atomic E-state index is 7.15. The number of hydrogen-bond donors (Lipinski definition) is 1. The van der Waals surface area contributed by atoms with Crippen LogP contribution < -0.4 is 0 Å². The van der Waals surface area contributed by atoms with Crippen LogP contribution in [0.15, 0.2) is 0 Å². The standard InChI is InChI=1S/CHNO2.2Ca.4H/c2-1-4-3;;;;;;/h3H;;;;;;/q;2*+2;4*-1. The fraction of sp³-hybridized carbons (Fsp3) is 0. The molecular weight excluding hydrogens is 138 g/mol. The minimum absolute atomic E-state index is 0. The molecule has 0 radical (unpaired) electrons. The molecule has 0 saturated carbocycles. The summed E-state index contributed by atoms with van der Waals surface area (Å²) in [7, 11) is 0. The first kappa shape index (κ1) is 15.7. The van der Waals surface area contributed by atoms with E-state index in [1.165, 1.54) is 0 Å². The van der Waals surface area contributed by atoms with Crippen molar-refractivity contribution in [3.05, 3.63) is 0 Å². The van der Waals surface area contributed by atoms with Crippen LogP contribution >= 0.6 is 0 Å². The number of rotatable bonds is 0. The van der Waals surface area contributed by atoms with Crippen molar-refractivity contribution in [3.8, 4) is 6.26 Å². The van der Waals surface area contributed by atoms with Crippen LogP contribution in [0.2, 0.25) is 0 Å². The van der Waals surface area contributed by atoms with Gasteiger partial charge in [0, 0.05) is 0 Å². The molecule has 0 aliphatic rings. The molecular formula is CH5Ca2NO2. The number of nitrogens with zero attached hydrogens (tertiary/aromatic N) is 1. The van der Waals surface area contributed by atoms with Crippen LogP contribution in [0.25, 0.3) is 0 Å². The molecule has 0 aliphatic heterocycles. The third kappa shape index (κ3) is 17.1. The molecule has 0 aromatic carbocycles. The summed E-state index contributed by atoms with van der Waals surface area (Å²) in [4.78, 5) is 2.85. The number of nitriles is 1. The zero-order valence-corrected chi connectivity index (χ0v) is 7.63. The minimum Gasteiger partial charge on any atom is -1.00 e. The molecule has 6 heavy (non-hydrogen) atoms. The van der Waals surface area contributed by atoms with Gasteiger partial charge in [0.15, 0.2) is 0 Å². The summed E-state index contributed by atoms with van der Waals surface area (Å²) in [5.41, 5.74) is 0. The molecule has 0 rings (SSSR count). The Morgan fingerprint density at radius 1 is 1.67 bits per heavy atom. The smallest absolute Gasteiger partial charge is 1.00 e. The van der Waals surface area contributed by atoms with Gasteiger partial charge in [-0.2, -0.15) is 5.26 Å². The Morgan fingerprint density at radius 3 is 1.83 bits per heavy atom. The summed E-state index contributed by atoms with van der Waals surface area (Å²) < 4.78 is 0. The second kappa shape index (κ2) is 15.9. The average molecular weight is 143 g/mol. The zero-order valence-electron chi connectivity index (χ0n) is 7.22. The van der Waals surface area contributed by atoms with E-state index in [-0.39, 0.29) is 81.2 Å². The zero-order chi connectivity index (χ0) is 3.41. The summed E-state index contributed by atoms with van der Waals surface area (Å²) in [5.74, 6) is 0. The third-order valence-corrected chi connectivity index (χ3v) is 0.0408. The molecule has 0 amide bonds. The first-order chi connectivity index (χ1) is 1.91. The van der Waals surface area contributed by atoms with Crippen molar-refractivity contribution in [1.82, 2.24) is 0 Å². The first-order valence-corrected chi connectivity index (χ1v) is 0.610. The van der Waals surface area contributed by atoms with E-state index >= 15 is 0 Å². The molecule has 0 spiro atoms. The topological polar surface area (TPSA) is 53.2 Å². The van der Waals surface area contributed by atoms with Crippen LogP contribution in [0.4, 0.5) is 0 Å². The Morgan fingerprint density at radius 2 is 1.83 bits per heavy atom. The van der Waals surface area contributed by atoms with Gasteiger partial charge in [-0.05, 0) is 0 Å². The Bertz CT molecular complexity index is 51.0. The molecule has 0 heterocycles. The van der Waals surface area contributed by atoms with E-state index in [1.54, 1.807) is 0 Å². The first-order valence-electron chi connectivity index (χ1n) is 0.610. The number of hydrogen-bond acceptors (Lipinski definition) is 3. The molecule has 5 heteroatoms. The molecule has 0 atom stereocenters. The van der Waals surface area contributed by atoms with Crippen LogP contribution in [0.3, 0.4) is 0 Å². The van der Waals surface area contributed by atoms with Gasteiger partial charge in [-0.3, -0.25) is 4.89 Å². The van der Waals surface area contributed by atoms with Gasteiger partial charge in [-0.25, -0.2) is 0 Å². The fourth-order valence-electron chi connectivity index (χ4n) is 0. The minimum atomic E-state index is 0. The molecule has 0 fully saturated rings. The van der Waals surface area contributed by atoms with E-state index in [9.17, 15) is 0 Å². The predicted molar refractivity (Wildman–Crippen MR) is 25.3 cm³/mol. The maximum absolute atomic E-state index is 7.15. The van der Waals surface area contributed by atoms with Crippen molar-refractivity contribution >= 4 is 75.5 Å². The van der Waals surface area contributed by atoms with Crippen molar-refractivity contribution in [3.63, 3.8) is 0 Å². The van der Waals surface area contributed by atoms with Crippen LogP contribution in [-0.4, -0.2) is 80.7 Å². The van der Waals surface area contributed by atoms with Gasteiger partial charge in [0.05, 0.1) is 0 Å². The van der Waals surface area contributed by atoms with Crippen LogP contribution in [-0.2, 0) is 4.89 Å². The van der Waals surface area contributed by atoms with Crippen molar-refractivity contribution in [2.24, 2.45) is 0 Å². The molecule has 1 N–H and O–H groups in total. The molecule has 0 aliphatic carbocycles. The predicted octanol–water partition coefficient (Wildman–Crippen LogP) is -0.355. The average Bonchev–Trinajstić information content (AvgIpc) is 1.37. The Labute approximate surface area is 101 Å². The van der Waals surface area contributed by atoms with E-state index in [0.29, 0.717) is 0 Å². The van der Waals surface area contributed by atoms with Crippen LogP contribution in [0.5, 0.6) is 0 Å². The molecule has 0 aromatic heterocycles. The molecule has 0 bridgehead atoms. The Balaban J connectivity index is -0.00000000300. The van der Waals surface area contributed by atoms with Gasteiger partial charge < -0.3 is 5.71 Å². The van der Waals surface area contributed by atoms with Gasteiger partial charge >= 0.3 is 81.7 Å². The van der Waals surface area contributed by atoms with Gasteiger partial charge in [0.2, 0.25) is 0 Å². The summed E-state index contributed by atoms with van der Waals surface area (Å²) in [5, 5.41) is 14.2. The largest absolute Gasteiger partial charge is 2.00 e. The second-order valence-electron chi connectivity index (χ2n) is 0.183. The van der Waals surface area contributed by atoms with E-state index in [1.807, 2.05) is 0 Å². The van der Waals surface area contributed by atoms with E-state index in [2.05, 4.69) is 4.89 Å². The SMILES string of the molecule is N#COO.[Ca+2].[Ca+2].[H-].[H-].[H-].[H-]. The fourth-order valence-corrected chi connectivity index (χ4v) is 0. The molecule has 3 nitrogen and oxygen atoms in total. The van der Waals surface area contributed by atoms with Crippen molar-refractivity contribution in [2.75, 3.05) is 0 Å². The van der Waals surface area contributed by atoms with Gasteiger partial charge in [0.1, 0.15) is 0 Å². The maximum Gasteiger partial charge on any atom is 2.00 e. The van der Waals surface area contributed by atoms with Crippen LogP contribution in [0.1, 0.15) is 5.71 Å². The summed E-state index contributed by atoms with van der Waals surface area (Å²) in [6.45, 7) is 0. The summed E-state index contributed by atoms with van der Waals surface area (Å²) in [6, 6.07) is 0. The Kier molecular flexibility index (Phi) is 41.4. The Hall–Kier alpha value is 1.77. The third-order valence-electron chi connectivity index (χ3n) is 0.0408. The summed E-state index contributed by atoms with van der Waals surface area (Å²) >= 11 is 0.